The minimum atomic E-state index is -0.285. The van der Waals surface area contributed by atoms with Gasteiger partial charge in [-0.25, -0.2) is 4.39 Å². The summed E-state index contributed by atoms with van der Waals surface area (Å²) >= 11 is 1.37. The highest BCUT2D eigenvalue weighted by Gasteiger charge is 2.15. The Bertz CT molecular complexity index is 565. The topological polar surface area (TPSA) is 55.1 Å². The number of halogens is 1. The molecule has 2 aromatic rings. The lowest BCUT2D eigenvalue weighted by Crippen LogP contribution is -2.28. The minimum absolute atomic E-state index is 0.144. The van der Waals surface area contributed by atoms with Gasteiger partial charge in [-0.15, -0.1) is 11.3 Å². The van der Waals surface area contributed by atoms with Crippen LogP contribution < -0.4 is 11.1 Å². The molecule has 1 aromatic carbocycles. The third-order valence-electron chi connectivity index (χ3n) is 2.53. The summed E-state index contributed by atoms with van der Waals surface area (Å²) < 4.78 is 14.0. The fourth-order valence-electron chi connectivity index (χ4n) is 1.68. The van der Waals surface area contributed by atoms with Gasteiger partial charge in [0, 0.05) is 17.8 Å². The van der Waals surface area contributed by atoms with E-state index in [4.69, 9.17) is 5.73 Å². The molecule has 0 spiro atoms. The fourth-order valence-corrected chi connectivity index (χ4v) is 2.78. The van der Waals surface area contributed by atoms with E-state index in [2.05, 4.69) is 5.32 Å². The van der Waals surface area contributed by atoms with Gasteiger partial charge in [0.05, 0.1) is 4.88 Å². The average molecular weight is 252 g/mol. The number of hydrogen-bond donors (Lipinski definition) is 2. The zero-order valence-corrected chi connectivity index (χ0v) is 10.2. The van der Waals surface area contributed by atoms with Gasteiger partial charge < -0.3 is 11.1 Å². The van der Waals surface area contributed by atoms with Crippen molar-refractivity contribution >= 4 is 27.3 Å². The first kappa shape index (κ1) is 12.0. The second kappa shape index (κ2) is 4.81. The summed E-state index contributed by atoms with van der Waals surface area (Å²) in [4.78, 5) is 12.5. The van der Waals surface area contributed by atoms with Crippen LogP contribution in [0, 0.1) is 12.7 Å². The standard InChI is InChI=1S/C12H13FN2OS/c1-7-9-6-8(13)2-3-10(9)17-11(7)12(16)15-5-4-14/h2-3,6H,4-5,14H2,1H3,(H,15,16). The SMILES string of the molecule is Cc1c(C(=O)NCCN)sc2ccc(F)cc12. The second-order valence-electron chi connectivity index (χ2n) is 3.74. The number of carbonyl (C=O) groups is 1. The predicted molar refractivity (Wildman–Crippen MR) is 67.9 cm³/mol. The number of aryl methyl sites for hydroxylation is 1. The van der Waals surface area contributed by atoms with Crippen LogP contribution in [-0.2, 0) is 0 Å². The van der Waals surface area contributed by atoms with Crippen molar-refractivity contribution in [1.82, 2.24) is 5.32 Å². The number of carbonyl (C=O) groups excluding carboxylic acids is 1. The molecule has 3 nitrogen and oxygen atoms in total. The van der Waals surface area contributed by atoms with E-state index < -0.39 is 0 Å². The van der Waals surface area contributed by atoms with Gasteiger partial charge in [0.25, 0.3) is 5.91 Å². The van der Waals surface area contributed by atoms with Crippen molar-refractivity contribution in [2.24, 2.45) is 5.73 Å². The fraction of sp³-hybridized carbons (Fsp3) is 0.250. The third-order valence-corrected chi connectivity index (χ3v) is 3.81. The molecule has 90 valence electrons. The number of amides is 1. The lowest BCUT2D eigenvalue weighted by Gasteiger charge is -2.01. The van der Waals surface area contributed by atoms with Crippen molar-refractivity contribution in [3.8, 4) is 0 Å². The zero-order chi connectivity index (χ0) is 12.4. The summed E-state index contributed by atoms with van der Waals surface area (Å²) in [6.07, 6.45) is 0. The molecule has 0 bridgehead atoms. The number of benzene rings is 1. The van der Waals surface area contributed by atoms with Crippen molar-refractivity contribution in [2.45, 2.75) is 6.92 Å². The molecule has 0 aliphatic heterocycles. The molecule has 0 radical (unpaired) electrons. The summed E-state index contributed by atoms with van der Waals surface area (Å²) in [6, 6.07) is 4.56. The van der Waals surface area contributed by atoms with Crippen LogP contribution >= 0.6 is 11.3 Å². The number of hydrogen-bond acceptors (Lipinski definition) is 3. The Balaban J connectivity index is 2.42. The Morgan fingerprint density at radius 1 is 1.53 bits per heavy atom. The van der Waals surface area contributed by atoms with Crippen LogP contribution in [0.3, 0.4) is 0 Å². The Kier molecular flexibility index (Phi) is 3.40. The predicted octanol–water partition coefficient (Wildman–Crippen LogP) is 2.04. The van der Waals surface area contributed by atoms with Crippen LogP contribution in [0.15, 0.2) is 18.2 Å². The summed E-state index contributed by atoms with van der Waals surface area (Å²) in [5.41, 5.74) is 6.15. The molecule has 0 saturated heterocycles. The van der Waals surface area contributed by atoms with E-state index in [1.165, 1.54) is 23.5 Å². The van der Waals surface area contributed by atoms with Crippen LogP contribution in [0.2, 0.25) is 0 Å². The quantitative estimate of drug-likeness (QED) is 0.878. The zero-order valence-electron chi connectivity index (χ0n) is 9.42. The lowest BCUT2D eigenvalue weighted by atomic mass is 10.1. The summed E-state index contributed by atoms with van der Waals surface area (Å²) in [6.45, 7) is 2.68. The number of nitrogens with two attached hydrogens (primary N) is 1. The Hall–Kier alpha value is -1.46. The minimum Gasteiger partial charge on any atom is -0.350 e. The van der Waals surface area contributed by atoms with E-state index in [1.807, 2.05) is 6.92 Å². The Morgan fingerprint density at radius 3 is 3.00 bits per heavy atom. The monoisotopic (exact) mass is 252 g/mol. The van der Waals surface area contributed by atoms with Crippen molar-refractivity contribution in [3.63, 3.8) is 0 Å². The highest BCUT2D eigenvalue weighted by atomic mass is 32.1. The molecule has 17 heavy (non-hydrogen) atoms. The number of fused-ring (bicyclic) bond motifs is 1. The van der Waals surface area contributed by atoms with Crippen LogP contribution in [0.4, 0.5) is 4.39 Å². The normalized spacial score (nSPS) is 10.8. The van der Waals surface area contributed by atoms with Gasteiger partial charge in [0.15, 0.2) is 0 Å². The van der Waals surface area contributed by atoms with Gasteiger partial charge >= 0.3 is 0 Å². The van der Waals surface area contributed by atoms with Crippen LogP contribution in [0.5, 0.6) is 0 Å². The average Bonchev–Trinajstić information content (AvgIpc) is 2.64. The molecule has 1 aromatic heterocycles. The smallest absolute Gasteiger partial charge is 0.261 e. The molecule has 2 rings (SSSR count). The molecule has 0 unspecified atom stereocenters. The first-order valence-corrected chi connectivity index (χ1v) is 6.12. The van der Waals surface area contributed by atoms with Gasteiger partial charge in [0.1, 0.15) is 5.82 Å². The molecule has 0 saturated carbocycles. The Labute approximate surface area is 102 Å². The van der Waals surface area contributed by atoms with Crippen molar-refractivity contribution < 1.29 is 9.18 Å². The molecular weight excluding hydrogens is 239 g/mol. The maximum Gasteiger partial charge on any atom is 0.261 e. The van der Waals surface area contributed by atoms with Gasteiger partial charge in [-0.05, 0) is 36.1 Å². The summed E-state index contributed by atoms with van der Waals surface area (Å²) in [5, 5.41) is 3.52. The van der Waals surface area contributed by atoms with E-state index in [0.29, 0.717) is 18.0 Å². The second-order valence-corrected chi connectivity index (χ2v) is 4.79. The Morgan fingerprint density at radius 2 is 2.29 bits per heavy atom. The molecule has 0 atom stereocenters. The largest absolute Gasteiger partial charge is 0.350 e. The highest BCUT2D eigenvalue weighted by Crippen LogP contribution is 2.31. The van der Waals surface area contributed by atoms with E-state index in [1.54, 1.807) is 6.07 Å². The van der Waals surface area contributed by atoms with Crippen molar-refractivity contribution in [2.75, 3.05) is 13.1 Å². The summed E-state index contributed by atoms with van der Waals surface area (Å²) in [7, 11) is 0. The van der Waals surface area contributed by atoms with Gasteiger partial charge in [-0.3, -0.25) is 4.79 Å². The maximum absolute atomic E-state index is 13.1. The number of thiophene rings is 1. The molecule has 1 amide bonds. The van der Waals surface area contributed by atoms with Gasteiger partial charge in [-0.2, -0.15) is 0 Å². The van der Waals surface area contributed by atoms with E-state index >= 15 is 0 Å². The molecule has 5 heteroatoms. The van der Waals surface area contributed by atoms with Crippen molar-refractivity contribution in [3.05, 3.63) is 34.5 Å². The summed E-state index contributed by atoms with van der Waals surface area (Å²) in [5.74, 6) is -0.429. The molecule has 0 aliphatic rings. The number of rotatable bonds is 3. The van der Waals surface area contributed by atoms with Crippen LogP contribution in [0.25, 0.3) is 10.1 Å². The molecule has 1 heterocycles. The van der Waals surface area contributed by atoms with Crippen LogP contribution in [-0.4, -0.2) is 19.0 Å². The molecule has 0 aliphatic carbocycles. The lowest BCUT2D eigenvalue weighted by molar-refractivity contribution is 0.0958. The van der Waals surface area contributed by atoms with Gasteiger partial charge in [-0.1, -0.05) is 0 Å². The van der Waals surface area contributed by atoms with E-state index in [-0.39, 0.29) is 11.7 Å². The van der Waals surface area contributed by atoms with Crippen LogP contribution in [0.1, 0.15) is 15.2 Å². The van der Waals surface area contributed by atoms with E-state index in [9.17, 15) is 9.18 Å². The molecule has 0 fully saturated rings. The molecule has 3 N–H and O–H groups in total. The highest BCUT2D eigenvalue weighted by molar-refractivity contribution is 7.21. The third kappa shape index (κ3) is 2.30. The van der Waals surface area contributed by atoms with E-state index in [0.717, 1.165) is 15.6 Å². The van der Waals surface area contributed by atoms with Gasteiger partial charge in [0.2, 0.25) is 0 Å². The van der Waals surface area contributed by atoms with Crippen molar-refractivity contribution in [1.29, 1.82) is 0 Å². The molecular formula is C12H13FN2OS. The first-order chi connectivity index (χ1) is 8.13. The number of nitrogens with one attached hydrogen (secondary N) is 1. The maximum atomic E-state index is 13.1. The first-order valence-electron chi connectivity index (χ1n) is 5.30.